The molecule has 0 aliphatic carbocycles. The second kappa shape index (κ2) is 6.06. The van der Waals surface area contributed by atoms with Crippen molar-refractivity contribution in [2.75, 3.05) is 7.11 Å². The van der Waals surface area contributed by atoms with E-state index in [-0.39, 0.29) is 18.2 Å². The molecule has 0 saturated carbocycles. The van der Waals surface area contributed by atoms with E-state index in [1.165, 1.54) is 0 Å². The summed E-state index contributed by atoms with van der Waals surface area (Å²) in [4.78, 5) is 11.5. The lowest BCUT2D eigenvalue weighted by Gasteiger charge is -2.26. The number of amides is 1. The van der Waals surface area contributed by atoms with Gasteiger partial charge in [-0.2, -0.15) is 0 Å². The molecule has 4 nitrogen and oxygen atoms in total. The minimum absolute atomic E-state index is 0.00707. The van der Waals surface area contributed by atoms with Crippen LogP contribution in [0.1, 0.15) is 44.0 Å². The van der Waals surface area contributed by atoms with Gasteiger partial charge in [0.2, 0.25) is 5.91 Å². The van der Waals surface area contributed by atoms with Crippen molar-refractivity contribution in [3.63, 3.8) is 0 Å². The predicted octanol–water partition coefficient (Wildman–Crippen LogP) is 2.57. The second-order valence-electron chi connectivity index (χ2n) is 4.94. The molecule has 0 fully saturated rings. The smallest absolute Gasteiger partial charge is 0.226 e. The summed E-state index contributed by atoms with van der Waals surface area (Å²) in [5.74, 6) is 0.824. The minimum Gasteiger partial charge on any atom is -0.491 e. The summed E-state index contributed by atoms with van der Waals surface area (Å²) >= 11 is 0. The van der Waals surface area contributed by atoms with Crippen LogP contribution in [0, 0.1) is 0 Å². The van der Waals surface area contributed by atoms with Crippen LogP contribution in [0.5, 0.6) is 5.75 Å². The first-order valence-electron chi connectivity index (χ1n) is 6.75. The number of methoxy groups -OCH3 is 1. The van der Waals surface area contributed by atoms with Gasteiger partial charge in [0.25, 0.3) is 0 Å². The summed E-state index contributed by atoms with van der Waals surface area (Å²) in [5.41, 5.74) is 1.99. The van der Waals surface area contributed by atoms with Crippen molar-refractivity contribution in [3.8, 4) is 5.75 Å². The maximum absolute atomic E-state index is 11.5. The van der Waals surface area contributed by atoms with Gasteiger partial charge < -0.3 is 14.8 Å². The average molecular weight is 263 g/mol. The van der Waals surface area contributed by atoms with Crippen LogP contribution in [-0.4, -0.2) is 19.1 Å². The molecule has 1 aromatic carbocycles. The van der Waals surface area contributed by atoms with Crippen LogP contribution in [0.2, 0.25) is 0 Å². The Morgan fingerprint density at radius 2 is 2.26 bits per heavy atom. The number of benzene rings is 1. The van der Waals surface area contributed by atoms with Crippen LogP contribution in [0.25, 0.3) is 0 Å². The summed E-state index contributed by atoms with van der Waals surface area (Å²) < 4.78 is 11.2. The Kier molecular flexibility index (Phi) is 4.43. The standard InChI is InChI=1S/C15H21NO3/c1-4-5-10(2)19-12-7-6-11-8-14(17)16-15(18-3)13(11)9-12/h6-7,9-10,15H,4-5,8H2,1-3H3,(H,16,17). The number of nitrogens with one attached hydrogen (secondary N) is 1. The molecular formula is C15H21NO3. The molecule has 0 radical (unpaired) electrons. The van der Waals surface area contributed by atoms with Crippen molar-refractivity contribution >= 4 is 5.91 Å². The maximum atomic E-state index is 11.5. The first-order chi connectivity index (χ1) is 9.13. The molecule has 1 aliphatic heterocycles. The highest BCUT2D eigenvalue weighted by atomic mass is 16.5. The molecule has 0 aromatic heterocycles. The normalized spacial score (nSPS) is 19.5. The van der Waals surface area contributed by atoms with Crippen LogP contribution >= 0.6 is 0 Å². The fraction of sp³-hybridized carbons (Fsp3) is 0.533. The van der Waals surface area contributed by atoms with Crippen LogP contribution in [-0.2, 0) is 16.0 Å². The predicted molar refractivity (Wildman–Crippen MR) is 73.0 cm³/mol. The molecule has 0 spiro atoms. The van der Waals surface area contributed by atoms with E-state index in [4.69, 9.17) is 9.47 Å². The minimum atomic E-state index is -0.374. The second-order valence-corrected chi connectivity index (χ2v) is 4.94. The third-order valence-corrected chi connectivity index (χ3v) is 3.31. The van der Waals surface area contributed by atoms with Crippen molar-refractivity contribution in [1.29, 1.82) is 0 Å². The van der Waals surface area contributed by atoms with E-state index in [9.17, 15) is 4.79 Å². The monoisotopic (exact) mass is 263 g/mol. The van der Waals surface area contributed by atoms with E-state index >= 15 is 0 Å². The first-order valence-corrected chi connectivity index (χ1v) is 6.75. The summed E-state index contributed by atoms with van der Waals surface area (Å²) in [6, 6.07) is 5.85. The Bertz CT molecular complexity index is 459. The van der Waals surface area contributed by atoms with Crippen LogP contribution in [0.15, 0.2) is 18.2 Å². The fourth-order valence-corrected chi connectivity index (χ4v) is 2.38. The lowest BCUT2D eigenvalue weighted by atomic mass is 9.99. The Labute approximate surface area is 114 Å². The molecule has 1 aliphatic rings. The van der Waals surface area contributed by atoms with E-state index in [1.807, 2.05) is 18.2 Å². The Balaban J connectivity index is 2.19. The maximum Gasteiger partial charge on any atom is 0.226 e. The molecule has 19 heavy (non-hydrogen) atoms. The first kappa shape index (κ1) is 13.9. The average Bonchev–Trinajstić information content (AvgIpc) is 2.38. The number of hydrogen-bond donors (Lipinski definition) is 1. The third-order valence-electron chi connectivity index (χ3n) is 3.31. The van der Waals surface area contributed by atoms with Crippen molar-refractivity contribution < 1.29 is 14.3 Å². The van der Waals surface area contributed by atoms with Gasteiger partial charge in [0.15, 0.2) is 6.23 Å². The molecule has 0 saturated heterocycles. The van der Waals surface area contributed by atoms with Gasteiger partial charge in [-0.3, -0.25) is 4.79 Å². The third kappa shape index (κ3) is 3.26. The van der Waals surface area contributed by atoms with Gasteiger partial charge in [0.05, 0.1) is 12.5 Å². The van der Waals surface area contributed by atoms with Crippen molar-refractivity contribution in [1.82, 2.24) is 5.32 Å². The van der Waals surface area contributed by atoms with Gasteiger partial charge in [-0.25, -0.2) is 0 Å². The van der Waals surface area contributed by atoms with Crippen molar-refractivity contribution in [2.24, 2.45) is 0 Å². The van der Waals surface area contributed by atoms with Crippen LogP contribution < -0.4 is 10.1 Å². The van der Waals surface area contributed by atoms with Gasteiger partial charge >= 0.3 is 0 Å². The zero-order valence-electron chi connectivity index (χ0n) is 11.7. The van der Waals surface area contributed by atoms with Gasteiger partial charge in [-0.1, -0.05) is 19.4 Å². The Morgan fingerprint density at radius 3 is 2.95 bits per heavy atom. The van der Waals surface area contributed by atoms with Gasteiger partial charge in [-0.15, -0.1) is 0 Å². The van der Waals surface area contributed by atoms with E-state index < -0.39 is 0 Å². The summed E-state index contributed by atoms with van der Waals surface area (Å²) in [5, 5.41) is 2.81. The molecule has 2 unspecified atom stereocenters. The molecule has 2 atom stereocenters. The van der Waals surface area contributed by atoms with Crippen LogP contribution in [0.3, 0.4) is 0 Å². The quantitative estimate of drug-likeness (QED) is 0.888. The molecule has 2 rings (SSSR count). The number of fused-ring (bicyclic) bond motifs is 1. The number of rotatable bonds is 5. The molecule has 104 valence electrons. The van der Waals surface area contributed by atoms with Gasteiger partial charge in [0.1, 0.15) is 5.75 Å². The lowest BCUT2D eigenvalue weighted by molar-refractivity contribution is -0.125. The largest absolute Gasteiger partial charge is 0.491 e. The molecule has 1 amide bonds. The van der Waals surface area contributed by atoms with E-state index in [1.54, 1.807) is 7.11 Å². The highest BCUT2D eigenvalue weighted by molar-refractivity contribution is 5.81. The zero-order chi connectivity index (χ0) is 13.8. The summed E-state index contributed by atoms with van der Waals surface area (Å²) in [7, 11) is 1.59. The number of carbonyl (C=O) groups is 1. The molecule has 1 heterocycles. The van der Waals surface area contributed by atoms with Gasteiger partial charge in [0, 0.05) is 12.7 Å². The number of carbonyl (C=O) groups excluding carboxylic acids is 1. The summed E-state index contributed by atoms with van der Waals surface area (Å²) in [6.45, 7) is 4.21. The Hall–Kier alpha value is -1.55. The van der Waals surface area contributed by atoms with E-state index in [0.29, 0.717) is 6.42 Å². The zero-order valence-corrected chi connectivity index (χ0v) is 11.7. The van der Waals surface area contributed by atoms with Gasteiger partial charge in [-0.05, 0) is 31.0 Å². The van der Waals surface area contributed by atoms with Crippen molar-refractivity contribution in [2.45, 2.75) is 45.4 Å². The topological polar surface area (TPSA) is 47.6 Å². The number of ether oxygens (including phenoxy) is 2. The highest BCUT2D eigenvalue weighted by Crippen LogP contribution is 2.28. The SMILES string of the molecule is CCCC(C)Oc1ccc2c(c1)C(OC)NC(=O)C2. The van der Waals surface area contributed by atoms with E-state index in [2.05, 4.69) is 19.2 Å². The lowest BCUT2D eigenvalue weighted by Crippen LogP contribution is -2.36. The summed E-state index contributed by atoms with van der Waals surface area (Å²) in [6.07, 6.45) is 2.35. The molecule has 0 bridgehead atoms. The fourth-order valence-electron chi connectivity index (χ4n) is 2.38. The Morgan fingerprint density at radius 1 is 1.47 bits per heavy atom. The number of hydrogen-bond acceptors (Lipinski definition) is 3. The molecule has 4 heteroatoms. The molecule has 1 N–H and O–H groups in total. The highest BCUT2D eigenvalue weighted by Gasteiger charge is 2.24. The molecular weight excluding hydrogens is 242 g/mol. The van der Waals surface area contributed by atoms with Crippen molar-refractivity contribution in [3.05, 3.63) is 29.3 Å². The molecule has 1 aromatic rings. The van der Waals surface area contributed by atoms with E-state index in [0.717, 1.165) is 29.7 Å². The van der Waals surface area contributed by atoms with Crippen LogP contribution in [0.4, 0.5) is 0 Å².